The maximum atomic E-state index is 11.8. The maximum absolute atomic E-state index is 11.8. The first-order valence-electron chi connectivity index (χ1n) is 5.51. The first-order chi connectivity index (χ1) is 9.11. The number of hydrogen-bond donors (Lipinski definition) is 1. The van der Waals surface area contributed by atoms with Crippen molar-refractivity contribution in [1.29, 1.82) is 0 Å². The molecule has 100 valence electrons. The highest BCUT2D eigenvalue weighted by Crippen LogP contribution is 2.25. The van der Waals surface area contributed by atoms with Crippen molar-refractivity contribution in [1.82, 2.24) is 20.2 Å². The lowest BCUT2D eigenvalue weighted by Gasteiger charge is -2.11. The number of alkyl halides is 1. The lowest BCUT2D eigenvalue weighted by molar-refractivity contribution is -0.118. The summed E-state index contributed by atoms with van der Waals surface area (Å²) in [5.41, 5.74) is 1.19. The Morgan fingerprint density at radius 1 is 1.53 bits per heavy atom. The van der Waals surface area contributed by atoms with Gasteiger partial charge in [-0.05, 0) is 28.6 Å². The van der Waals surface area contributed by atoms with Crippen molar-refractivity contribution < 1.29 is 4.79 Å². The molecule has 0 saturated carbocycles. The summed E-state index contributed by atoms with van der Waals surface area (Å²) in [7, 11) is 0. The molecule has 0 fully saturated rings. The number of carbonyl (C=O) groups is 1. The van der Waals surface area contributed by atoms with Gasteiger partial charge in [0.25, 0.3) is 0 Å². The number of aromatic nitrogens is 4. The standard InChI is InChI=1S/C11H11Cl2N5O/c1-7(5-12)11(19)15-10-4-8(2-3-9(10)13)18-6-14-16-17-18/h2-4,6-7H,5H2,1H3,(H,15,19). The third-order valence-corrected chi connectivity index (χ3v) is 3.29. The lowest BCUT2D eigenvalue weighted by atomic mass is 10.2. The molecule has 19 heavy (non-hydrogen) atoms. The van der Waals surface area contributed by atoms with Crippen LogP contribution in [0.5, 0.6) is 0 Å². The normalized spacial score (nSPS) is 12.2. The molecule has 0 radical (unpaired) electrons. The molecule has 1 amide bonds. The van der Waals surface area contributed by atoms with E-state index in [1.807, 2.05) is 0 Å². The maximum Gasteiger partial charge on any atom is 0.228 e. The highest BCUT2D eigenvalue weighted by Gasteiger charge is 2.14. The number of halogens is 2. The summed E-state index contributed by atoms with van der Waals surface area (Å²) in [5.74, 6) is -0.240. The summed E-state index contributed by atoms with van der Waals surface area (Å²) in [6.07, 6.45) is 1.45. The zero-order chi connectivity index (χ0) is 13.8. The van der Waals surface area contributed by atoms with Gasteiger partial charge in [-0.3, -0.25) is 4.79 Å². The van der Waals surface area contributed by atoms with Crippen LogP contribution in [0.2, 0.25) is 5.02 Å². The molecule has 1 heterocycles. The average Bonchev–Trinajstić information content (AvgIpc) is 2.94. The summed E-state index contributed by atoms with van der Waals surface area (Å²) in [5, 5.41) is 14.0. The van der Waals surface area contributed by atoms with Crippen LogP contribution in [0.1, 0.15) is 6.92 Å². The smallest absolute Gasteiger partial charge is 0.228 e. The first-order valence-corrected chi connectivity index (χ1v) is 6.43. The van der Waals surface area contributed by atoms with Gasteiger partial charge in [0.2, 0.25) is 5.91 Å². The van der Waals surface area contributed by atoms with E-state index in [1.54, 1.807) is 25.1 Å². The first kappa shape index (κ1) is 13.8. The third kappa shape index (κ3) is 3.21. The number of rotatable bonds is 4. The summed E-state index contributed by atoms with van der Waals surface area (Å²) in [6, 6.07) is 5.11. The molecule has 0 aliphatic heterocycles. The number of benzene rings is 1. The second-order valence-corrected chi connectivity index (χ2v) is 4.68. The molecule has 2 aromatic rings. The van der Waals surface area contributed by atoms with E-state index < -0.39 is 0 Å². The third-order valence-electron chi connectivity index (χ3n) is 2.50. The van der Waals surface area contributed by atoms with E-state index in [9.17, 15) is 4.79 Å². The number of hydrogen-bond acceptors (Lipinski definition) is 4. The molecule has 0 saturated heterocycles. The second kappa shape index (κ2) is 5.99. The van der Waals surface area contributed by atoms with Gasteiger partial charge < -0.3 is 5.32 Å². The van der Waals surface area contributed by atoms with E-state index in [1.165, 1.54) is 11.0 Å². The second-order valence-electron chi connectivity index (χ2n) is 3.96. The summed E-state index contributed by atoms with van der Waals surface area (Å²) >= 11 is 11.7. The van der Waals surface area contributed by atoms with Crippen molar-refractivity contribution in [3.8, 4) is 5.69 Å². The van der Waals surface area contributed by atoms with Crippen LogP contribution in [0.4, 0.5) is 5.69 Å². The highest BCUT2D eigenvalue weighted by molar-refractivity contribution is 6.33. The monoisotopic (exact) mass is 299 g/mol. The van der Waals surface area contributed by atoms with Crippen LogP contribution < -0.4 is 5.32 Å². The van der Waals surface area contributed by atoms with E-state index in [2.05, 4.69) is 20.8 Å². The number of tetrazole rings is 1. The van der Waals surface area contributed by atoms with Crippen LogP contribution in [-0.4, -0.2) is 32.0 Å². The molecule has 1 aromatic heterocycles. The lowest BCUT2D eigenvalue weighted by Crippen LogP contribution is -2.21. The minimum atomic E-state index is -0.297. The van der Waals surface area contributed by atoms with E-state index in [0.717, 1.165) is 0 Å². The van der Waals surface area contributed by atoms with E-state index in [-0.39, 0.29) is 17.7 Å². The van der Waals surface area contributed by atoms with Crippen molar-refractivity contribution in [2.75, 3.05) is 11.2 Å². The number of amides is 1. The fraction of sp³-hybridized carbons (Fsp3) is 0.273. The Balaban J connectivity index is 2.25. The SMILES string of the molecule is CC(CCl)C(=O)Nc1cc(-n2cnnn2)ccc1Cl. The van der Waals surface area contributed by atoms with Crippen molar-refractivity contribution in [3.63, 3.8) is 0 Å². The molecule has 1 N–H and O–H groups in total. The van der Waals surface area contributed by atoms with Gasteiger partial charge in [0.15, 0.2) is 0 Å². The zero-order valence-corrected chi connectivity index (χ0v) is 11.6. The Bertz CT molecular complexity index is 572. The van der Waals surface area contributed by atoms with Crippen LogP contribution in [0.15, 0.2) is 24.5 Å². The van der Waals surface area contributed by atoms with E-state index in [0.29, 0.717) is 16.4 Å². The van der Waals surface area contributed by atoms with Crippen LogP contribution >= 0.6 is 23.2 Å². The van der Waals surface area contributed by atoms with Crippen LogP contribution in [0.25, 0.3) is 5.69 Å². The minimum absolute atomic E-state index is 0.189. The van der Waals surface area contributed by atoms with Gasteiger partial charge in [-0.25, -0.2) is 4.68 Å². The fourth-order valence-corrected chi connectivity index (χ4v) is 1.66. The molecule has 0 aliphatic carbocycles. The number of nitrogens with zero attached hydrogens (tertiary/aromatic N) is 4. The molecule has 2 rings (SSSR count). The topological polar surface area (TPSA) is 72.7 Å². The highest BCUT2D eigenvalue weighted by atomic mass is 35.5. The largest absolute Gasteiger partial charge is 0.324 e. The minimum Gasteiger partial charge on any atom is -0.324 e. The quantitative estimate of drug-likeness (QED) is 0.878. The van der Waals surface area contributed by atoms with Gasteiger partial charge in [-0.15, -0.1) is 16.7 Å². The van der Waals surface area contributed by atoms with Gasteiger partial charge in [-0.2, -0.15) is 0 Å². The molecule has 1 unspecified atom stereocenters. The average molecular weight is 300 g/mol. The van der Waals surface area contributed by atoms with Gasteiger partial charge in [0, 0.05) is 11.8 Å². The van der Waals surface area contributed by atoms with Gasteiger partial charge >= 0.3 is 0 Å². The molecule has 0 bridgehead atoms. The Kier molecular flexibility index (Phi) is 4.34. The zero-order valence-electron chi connectivity index (χ0n) is 10.0. The Labute approximate surface area is 119 Å². The predicted molar refractivity (Wildman–Crippen MR) is 72.7 cm³/mol. The molecular formula is C11H11Cl2N5O. The molecular weight excluding hydrogens is 289 g/mol. The Hall–Kier alpha value is -1.66. The van der Waals surface area contributed by atoms with Gasteiger partial charge in [0.1, 0.15) is 6.33 Å². The number of nitrogens with one attached hydrogen (secondary N) is 1. The van der Waals surface area contributed by atoms with Crippen LogP contribution in [0, 0.1) is 5.92 Å². The Morgan fingerprint density at radius 3 is 2.95 bits per heavy atom. The summed E-state index contributed by atoms with van der Waals surface area (Å²) in [4.78, 5) is 11.8. The van der Waals surface area contributed by atoms with Crippen molar-refractivity contribution in [2.45, 2.75) is 6.92 Å². The van der Waals surface area contributed by atoms with Crippen molar-refractivity contribution >= 4 is 34.8 Å². The van der Waals surface area contributed by atoms with Crippen molar-refractivity contribution in [2.24, 2.45) is 5.92 Å². The van der Waals surface area contributed by atoms with Gasteiger partial charge in [-0.1, -0.05) is 18.5 Å². The number of anilines is 1. The van der Waals surface area contributed by atoms with E-state index >= 15 is 0 Å². The Morgan fingerprint density at radius 2 is 2.32 bits per heavy atom. The molecule has 1 atom stereocenters. The summed E-state index contributed by atoms with van der Waals surface area (Å²) < 4.78 is 1.47. The molecule has 0 spiro atoms. The fourth-order valence-electron chi connectivity index (χ4n) is 1.36. The van der Waals surface area contributed by atoms with Crippen molar-refractivity contribution in [3.05, 3.63) is 29.5 Å². The molecule has 0 aliphatic rings. The molecule has 1 aromatic carbocycles. The predicted octanol–water partition coefficient (Wildman–Crippen LogP) is 2.13. The van der Waals surface area contributed by atoms with Gasteiger partial charge in [0.05, 0.1) is 16.4 Å². The molecule has 6 nitrogen and oxygen atoms in total. The summed E-state index contributed by atoms with van der Waals surface area (Å²) in [6.45, 7) is 1.74. The van der Waals surface area contributed by atoms with Crippen LogP contribution in [0.3, 0.4) is 0 Å². The van der Waals surface area contributed by atoms with Crippen LogP contribution in [-0.2, 0) is 4.79 Å². The van der Waals surface area contributed by atoms with E-state index in [4.69, 9.17) is 23.2 Å². The number of carbonyl (C=O) groups excluding carboxylic acids is 1. The molecule has 8 heteroatoms.